The van der Waals surface area contributed by atoms with Gasteiger partial charge in [0.25, 0.3) is 0 Å². The predicted octanol–water partition coefficient (Wildman–Crippen LogP) is -0.777. The van der Waals surface area contributed by atoms with Crippen LogP contribution in [0, 0.1) is 0 Å². The van der Waals surface area contributed by atoms with Gasteiger partial charge in [-0.3, -0.25) is 4.90 Å². The largest absolute Gasteiger partial charge is 0.377 e. The number of nitrogens with two attached hydrogens (primary N) is 1. The number of nitrogens with zero attached hydrogens (tertiary/aromatic N) is 1. The average Bonchev–Trinajstić information content (AvgIpc) is 2.73. The molecule has 16 heavy (non-hydrogen) atoms. The second-order valence-corrected chi connectivity index (χ2v) is 7.02. The summed E-state index contributed by atoms with van der Waals surface area (Å²) in [4.78, 5) is 2.18. The summed E-state index contributed by atoms with van der Waals surface area (Å²) >= 11 is 0. The molecule has 0 aliphatic carbocycles. The van der Waals surface area contributed by atoms with Crippen molar-refractivity contribution in [2.24, 2.45) is 5.73 Å². The zero-order chi connectivity index (χ0) is 11.6. The molecule has 0 aromatic heterocycles. The minimum Gasteiger partial charge on any atom is -0.377 e. The summed E-state index contributed by atoms with van der Waals surface area (Å²) < 4.78 is 28.9. The highest BCUT2D eigenvalue weighted by molar-refractivity contribution is 7.92. The number of sulfone groups is 1. The highest BCUT2D eigenvalue weighted by Crippen LogP contribution is 2.17. The molecule has 0 bridgehead atoms. The molecule has 2 rings (SSSR count). The van der Waals surface area contributed by atoms with Crippen LogP contribution in [-0.4, -0.2) is 63.2 Å². The molecule has 2 N–H and O–H groups in total. The SMILES string of the molecule is NCC1CN(CC2CCCO2)CCS1(=O)=O. The van der Waals surface area contributed by atoms with Crippen molar-refractivity contribution in [3.8, 4) is 0 Å². The first kappa shape index (κ1) is 12.3. The van der Waals surface area contributed by atoms with Crippen molar-refractivity contribution in [3.63, 3.8) is 0 Å². The lowest BCUT2D eigenvalue weighted by Gasteiger charge is -2.33. The second-order valence-electron chi connectivity index (χ2n) is 4.62. The van der Waals surface area contributed by atoms with E-state index >= 15 is 0 Å². The average molecular weight is 248 g/mol. The van der Waals surface area contributed by atoms with Gasteiger partial charge in [-0.2, -0.15) is 0 Å². The third-order valence-corrected chi connectivity index (χ3v) is 5.52. The smallest absolute Gasteiger partial charge is 0.156 e. The number of hydrogen-bond acceptors (Lipinski definition) is 5. The van der Waals surface area contributed by atoms with Crippen molar-refractivity contribution in [2.75, 3.05) is 38.5 Å². The molecule has 2 heterocycles. The van der Waals surface area contributed by atoms with Gasteiger partial charge >= 0.3 is 0 Å². The second kappa shape index (κ2) is 5.00. The molecule has 0 aromatic rings. The van der Waals surface area contributed by atoms with Gasteiger partial charge in [0, 0.05) is 32.8 Å². The molecule has 0 amide bonds. The van der Waals surface area contributed by atoms with Crippen molar-refractivity contribution in [3.05, 3.63) is 0 Å². The van der Waals surface area contributed by atoms with Crippen LogP contribution in [0.1, 0.15) is 12.8 Å². The van der Waals surface area contributed by atoms with Gasteiger partial charge in [0.05, 0.1) is 17.1 Å². The monoisotopic (exact) mass is 248 g/mol. The molecule has 94 valence electrons. The summed E-state index contributed by atoms with van der Waals surface area (Å²) in [7, 11) is -2.95. The molecule has 2 aliphatic rings. The zero-order valence-corrected chi connectivity index (χ0v) is 10.3. The Morgan fingerprint density at radius 2 is 2.25 bits per heavy atom. The van der Waals surface area contributed by atoms with Gasteiger partial charge in [-0.1, -0.05) is 0 Å². The Balaban J connectivity index is 1.89. The first-order valence-electron chi connectivity index (χ1n) is 5.87. The quantitative estimate of drug-likeness (QED) is 0.709. The molecule has 5 nitrogen and oxygen atoms in total. The van der Waals surface area contributed by atoms with E-state index in [2.05, 4.69) is 4.90 Å². The third kappa shape index (κ3) is 2.74. The number of ether oxygens (including phenoxy) is 1. The fourth-order valence-electron chi connectivity index (χ4n) is 2.38. The Morgan fingerprint density at radius 3 is 2.88 bits per heavy atom. The van der Waals surface area contributed by atoms with Crippen LogP contribution in [-0.2, 0) is 14.6 Å². The summed E-state index contributed by atoms with van der Waals surface area (Å²) in [5, 5.41) is -0.386. The molecule has 2 aliphatic heterocycles. The van der Waals surface area contributed by atoms with Crippen LogP contribution in [0.15, 0.2) is 0 Å². The fourth-order valence-corrected chi connectivity index (χ4v) is 3.96. The maximum absolute atomic E-state index is 11.7. The Bertz CT molecular complexity index is 325. The molecule has 2 unspecified atom stereocenters. The molecular formula is C10H20N2O3S. The highest BCUT2D eigenvalue weighted by atomic mass is 32.2. The molecule has 0 spiro atoms. The summed E-state index contributed by atoms with van der Waals surface area (Å²) in [6, 6.07) is 0. The normalized spacial score (nSPS) is 35.3. The molecular weight excluding hydrogens is 228 g/mol. The number of rotatable bonds is 3. The van der Waals surface area contributed by atoms with Crippen LogP contribution >= 0.6 is 0 Å². The van der Waals surface area contributed by atoms with E-state index in [1.165, 1.54) is 0 Å². The maximum Gasteiger partial charge on any atom is 0.156 e. The van der Waals surface area contributed by atoms with Gasteiger partial charge in [0.1, 0.15) is 0 Å². The maximum atomic E-state index is 11.7. The molecule has 0 aromatic carbocycles. The third-order valence-electron chi connectivity index (χ3n) is 3.41. The van der Waals surface area contributed by atoms with Gasteiger partial charge in [0.15, 0.2) is 9.84 Å². The highest BCUT2D eigenvalue weighted by Gasteiger charge is 2.33. The van der Waals surface area contributed by atoms with Crippen LogP contribution in [0.3, 0.4) is 0 Å². The minimum absolute atomic E-state index is 0.227. The van der Waals surface area contributed by atoms with E-state index in [0.29, 0.717) is 19.2 Å². The van der Waals surface area contributed by atoms with E-state index in [1.807, 2.05) is 0 Å². The summed E-state index contributed by atoms with van der Waals surface area (Å²) in [6.45, 7) is 3.12. The summed E-state index contributed by atoms with van der Waals surface area (Å²) in [5.41, 5.74) is 5.51. The Hall–Kier alpha value is -0.170. The van der Waals surface area contributed by atoms with E-state index < -0.39 is 9.84 Å². The molecule has 2 fully saturated rings. The number of hydrogen-bond donors (Lipinski definition) is 1. The van der Waals surface area contributed by atoms with Crippen molar-refractivity contribution < 1.29 is 13.2 Å². The Labute approximate surface area is 96.9 Å². The minimum atomic E-state index is -2.95. The standard InChI is InChI=1S/C10H20N2O3S/c11-6-10-8-12(3-5-16(10,13)14)7-9-2-1-4-15-9/h9-10H,1-8,11H2. The molecule has 0 radical (unpaired) electrons. The van der Waals surface area contributed by atoms with Gasteiger partial charge in [-0.15, -0.1) is 0 Å². The zero-order valence-electron chi connectivity index (χ0n) is 9.47. The van der Waals surface area contributed by atoms with Crippen molar-refractivity contribution in [2.45, 2.75) is 24.2 Å². The lowest BCUT2D eigenvalue weighted by molar-refractivity contribution is 0.0737. The topological polar surface area (TPSA) is 72.6 Å². The Kier molecular flexibility index (Phi) is 3.84. The summed E-state index contributed by atoms with van der Waals surface area (Å²) in [6.07, 6.45) is 2.51. The molecule has 0 saturated carbocycles. The van der Waals surface area contributed by atoms with Crippen LogP contribution in [0.25, 0.3) is 0 Å². The molecule has 2 saturated heterocycles. The summed E-state index contributed by atoms with van der Waals surface area (Å²) in [5.74, 6) is 0.238. The predicted molar refractivity (Wildman–Crippen MR) is 62.0 cm³/mol. The van der Waals surface area contributed by atoms with Gasteiger partial charge in [-0.25, -0.2) is 8.42 Å². The van der Waals surface area contributed by atoms with E-state index in [0.717, 1.165) is 26.0 Å². The van der Waals surface area contributed by atoms with Gasteiger partial charge in [-0.05, 0) is 12.8 Å². The van der Waals surface area contributed by atoms with Crippen molar-refractivity contribution in [1.29, 1.82) is 0 Å². The van der Waals surface area contributed by atoms with E-state index in [9.17, 15) is 8.42 Å². The lowest BCUT2D eigenvalue weighted by Crippen LogP contribution is -2.51. The Morgan fingerprint density at radius 1 is 1.44 bits per heavy atom. The first-order valence-corrected chi connectivity index (χ1v) is 7.59. The van der Waals surface area contributed by atoms with Crippen LogP contribution in [0.5, 0.6) is 0 Å². The van der Waals surface area contributed by atoms with E-state index in [4.69, 9.17) is 10.5 Å². The first-order chi connectivity index (χ1) is 7.62. The van der Waals surface area contributed by atoms with Crippen LogP contribution in [0.4, 0.5) is 0 Å². The lowest BCUT2D eigenvalue weighted by atomic mass is 10.2. The van der Waals surface area contributed by atoms with E-state index in [1.54, 1.807) is 0 Å². The van der Waals surface area contributed by atoms with Gasteiger partial charge in [0.2, 0.25) is 0 Å². The molecule has 2 atom stereocenters. The fraction of sp³-hybridized carbons (Fsp3) is 1.00. The van der Waals surface area contributed by atoms with Crippen LogP contribution in [0.2, 0.25) is 0 Å². The van der Waals surface area contributed by atoms with Gasteiger partial charge < -0.3 is 10.5 Å². The van der Waals surface area contributed by atoms with Crippen LogP contribution < -0.4 is 5.73 Å². The van der Waals surface area contributed by atoms with Crippen molar-refractivity contribution >= 4 is 9.84 Å². The van der Waals surface area contributed by atoms with E-state index in [-0.39, 0.29) is 17.5 Å². The molecule has 6 heteroatoms. The van der Waals surface area contributed by atoms with Crippen molar-refractivity contribution in [1.82, 2.24) is 4.90 Å².